The summed E-state index contributed by atoms with van der Waals surface area (Å²) in [4.78, 5) is 13.9. The Hall–Kier alpha value is -1.04. The smallest absolute Gasteiger partial charge is 0.225 e. The molecule has 0 spiro atoms. The van der Waals surface area contributed by atoms with Gasteiger partial charge in [-0.15, -0.1) is 0 Å². The standard InChI is InChI=1S/C11H16N2O/c12-7-2-8-13(10-5-6-10)11(14)9-3-1-4-9/h9-10H,1-6,8H2. The average molecular weight is 192 g/mol. The zero-order valence-corrected chi connectivity index (χ0v) is 8.41. The highest BCUT2D eigenvalue weighted by atomic mass is 16.2. The van der Waals surface area contributed by atoms with E-state index in [9.17, 15) is 4.79 Å². The maximum Gasteiger partial charge on any atom is 0.225 e. The molecule has 2 aliphatic carbocycles. The van der Waals surface area contributed by atoms with Gasteiger partial charge in [-0.1, -0.05) is 6.42 Å². The normalized spacial score (nSPS) is 21.1. The Morgan fingerprint density at radius 1 is 1.36 bits per heavy atom. The van der Waals surface area contributed by atoms with Crippen LogP contribution in [0.2, 0.25) is 0 Å². The first-order chi connectivity index (χ1) is 6.83. The van der Waals surface area contributed by atoms with E-state index in [4.69, 9.17) is 5.26 Å². The summed E-state index contributed by atoms with van der Waals surface area (Å²) in [6, 6.07) is 2.59. The second-order valence-corrected chi connectivity index (χ2v) is 4.30. The predicted octanol–water partition coefficient (Wildman–Crippen LogP) is 1.69. The molecule has 0 aromatic carbocycles. The van der Waals surface area contributed by atoms with Crippen LogP contribution in [0.1, 0.15) is 38.5 Å². The molecule has 0 saturated heterocycles. The summed E-state index contributed by atoms with van der Waals surface area (Å²) in [5, 5.41) is 8.52. The molecule has 0 aliphatic heterocycles. The fourth-order valence-electron chi connectivity index (χ4n) is 1.92. The molecule has 0 bridgehead atoms. The minimum atomic E-state index is 0.286. The van der Waals surface area contributed by atoms with E-state index < -0.39 is 0 Å². The van der Waals surface area contributed by atoms with Crippen molar-refractivity contribution in [3.63, 3.8) is 0 Å². The van der Waals surface area contributed by atoms with Crippen molar-refractivity contribution in [2.45, 2.75) is 44.6 Å². The molecule has 2 aliphatic rings. The first-order valence-electron chi connectivity index (χ1n) is 5.50. The van der Waals surface area contributed by atoms with Gasteiger partial charge in [0, 0.05) is 18.5 Å². The molecule has 3 heteroatoms. The molecular weight excluding hydrogens is 176 g/mol. The highest BCUT2D eigenvalue weighted by molar-refractivity contribution is 5.80. The molecule has 0 unspecified atom stereocenters. The van der Waals surface area contributed by atoms with E-state index in [-0.39, 0.29) is 5.92 Å². The van der Waals surface area contributed by atoms with Crippen molar-refractivity contribution in [1.82, 2.24) is 4.90 Å². The molecule has 2 rings (SSSR count). The molecular formula is C11H16N2O. The van der Waals surface area contributed by atoms with Crippen molar-refractivity contribution in [1.29, 1.82) is 5.26 Å². The van der Waals surface area contributed by atoms with Crippen molar-refractivity contribution in [2.24, 2.45) is 5.92 Å². The Bertz CT molecular complexity index is 261. The van der Waals surface area contributed by atoms with Crippen LogP contribution < -0.4 is 0 Å². The van der Waals surface area contributed by atoms with E-state index in [0.29, 0.717) is 24.9 Å². The van der Waals surface area contributed by atoms with E-state index in [1.807, 2.05) is 4.90 Å². The zero-order valence-electron chi connectivity index (χ0n) is 8.41. The molecule has 0 aromatic rings. The Morgan fingerprint density at radius 2 is 2.07 bits per heavy atom. The third-order valence-electron chi connectivity index (χ3n) is 3.19. The summed E-state index contributed by atoms with van der Waals surface area (Å²) in [5.74, 6) is 0.600. The first kappa shape index (κ1) is 9.51. The summed E-state index contributed by atoms with van der Waals surface area (Å²) >= 11 is 0. The fraction of sp³-hybridized carbons (Fsp3) is 0.818. The maximum absolute atomic E-state index is 11.9. The second-order valence-electron chi connectivity index (χ2n) is 4.30. The van der Waals surface area contributed by atoms with Crippen LogP contribution in [0.25, 0.3) is 0 Å². The molecule has 2 fully saturated rings. The van der Waals surface area contributed by atoms with Crippen LogP contribution in [0.15, 0.2) is 0 Å². The minimum Gasteiger partial charge on any atom is -0.338 e. The van der Waals surface area contributed by atoms with Gasteiger partial charge >= 0.3 is 0 Å². The minimum absolute atomic E-state index is 0.286. The Balaban J connectivity index is 1.88. The van der Waals surface area contributed by atoms with Crippen LogP contribution in [-0.2, 0) is 4.79 Å². The van der Waals surface area contributed by atoms with Gasteiger partial charge in [0.2, 0.25) is 5.91 Å². The number of nitriles is 1. The highest BCUT2D eigenvalue weighted by Gasteiger charge is 2.37. The first-order valence-corrected chi connectivity index (χ1v) is 5.50. The van der Waals surface area contributed by atoms with Crippen molar-refractivity contribution in [2.75, 3.05) is 6.54 Å². The summed E-state index contributed by atoms with van der Waals surface area (Å²) in [6.07, 6.45) is 6.10. The van der Waals surface area contributed by atoms with Crippen LogP contribution in [0.3, 0.4) is 0 Å². The lowest BCUT2D eigenvalue weighted by Gasteiger charge is -2.31. The second kappa shape index (κ2) is 4.00. The summed E-state index contributed by atoms with van der Waals surface area (Å²) in [5.41, 5.74) is 0. The van der Waals surface area contributed by atoms with E-state index in [1.54, 1.807) is 0 Å². The number of nitrogens with zero attached hydrogens (tertiary/aromatic N) is 2. The number of carbonyl (C=O) groups excluding carboxylic acids is 1. The molecule has 76 valence electrons. The molecule has 1 amide bonds. The molecule has 0 N–H and O–H groups in total. The topological polar surface area (TPSA) is 44.1 Å². The van der Waals surface area contributed by atoms with Crippen LogP contribution >= 0.6 is 0 Å². The van der Waals surface area contributed by atoms with Crippen LogP contribution in [0.5, 0.6) is 0 Å². The summed E-state index contributed by atoms with van der Waals surface area (Å²) < 4.78 is 0. The molecule has 2 saturated carbocycles. The third-order valence-corrected chi connectivity index (χ3v) is 3.19. The lowest BCUT2D eigenvalue weighted by molar-refractivity contribution is -0.138. The molecule has 0 aromatic heterocycles. The van der Waals surface area contributed by atoms with Crippen molar-refractivity contribution >= 4 is 5.91 Å². The maximum atomic E-state index is 11.9. The SMILES string of the molecule is N#CCCN(C(=O)C1CCC1)C1CC1. The monoisotopic (exact) mass is 192 g/mol. The van der Waals surface area contributed by atoms with Gasteiger partial charge in [0.25, 0.3) is 0 Å². The van der Waals surface area contributed by atoms with Crippen LogP contribution in [0.4, 0.5) is 0 Å². The summed E-state index contributed by atoms with van der Waals surface area (Å²) in [6.45, 7) is 0.649. The predicted molar refractivity (Wildman–Crippen MR) is 52.3 cm³/mol. The molecule has 3 nitrogen and oxygen atoms in total. The van der Waals surface area contributed by atoms with Gasteiger partial charge in [0.15, 0.2) is 0 Å². The quantitative estimate of drug-likeness (QED) is 0.680. The van der Waals surface area contributed by atoms with E-state index in [0.717, 1.165) is 25.7 Å². The van der Waals surface area contributed by atoms with Gasteiger partial charge in [-0.05, 0) is 25.7 Å². The number of hydrogen-bond acceptors (Lipinski definition) is 2. The Morgan fingerprint density at radius 3 is 2.50 bits per heavy atom. The van der Waals surface area contributed by atoms with Crippen LogP contribution in [0, 0.1) is 17.2 Å². The number of carbonyl (C=O) groups is 1. The van der Waals surface area contributed by atoms with E-state index in [1.165, 1.54) is 6.42 Å². The number of amides is 1. The van der Waals surface area contributed by atoms with Gasteiger partial charge in [0.1, 0.15) is 0 Å². The van der Waals surface area contributed by atoms with Crippen molar-refractivity contribution in [3.8, 4) is 6.07 Å². The van der Waals surface area contributed by atoms with Gasteiger partial charge in [-0.2, -0.15) is 5.26 Å². The molecule has 14 heavy (non-hydrogen) atoms. The highest BCUT2D eigenvalue weighted by Crippen LogP contribution is 2.33. The summed E-state index contributed by atoms with van der Waals surface area (Å²) in [7, 11) is 0. The molecule has 0 atom stereocenters. The molecule has 0 heterocycles. The number of rotatable bonds is 4. The largest absolute Gasteiger partial charge is 0.338 e. The van der Waals surface area contributed by atoms with Crippen LogP contribution in [-0.4, -0.2) is 23.4 Å². The number of hydrogen-bond donors (Lipinski definition) is 0. The third kappa shape index (κ3) is 1.89. The van der Waals surface area contributed by atoms with E-state index in [2.05, 4.69) is 6.07 Å². The van der Waals surface area contributed by atoms with Gasteiger partial charge in [-0.3, -0.25) is 4.79 Å². The Kier molecular flexibility index (Phi) is 2.72. The molecule has 0 radical (unpaired) electrons. The fourth-order valence-corrected chi connectivity index (χ4v) is 1.92. The van der Waals surface area contributed by atoms with E-state index >= 15 is 0 Å². The zero-order chi connectivity index (χ0) is 9.97. The Labute approximate surface area is 84.7 Å². The van der Waals surface area contributed by atoms with Gasteiger partial charge < -0.3 is 4.90 Å². The van der Waals surface area contributed by atoms with Crippen molar-refractivity contribution in [3.05, 3.63) is 0 Å². The van der Waals surface area contributed by atoms with Gasteiger partial charge in [-0.25, -0.2) is 0 Å². The van der Waals surface area contributed by atoms with Gasteiger partial charge in [0.05, 0.1) is 12.5 Å². The van der Waals surface area contributed by atoms with Crippen molar-refractivity contribution < 1.29 is 4.79 Å². The lowest BCUT2D eigenvalue weighted by atomic mass is 9.84. The average Bonchev–Trinajstić information content (AvgIpc) is 2.85. The lowest BCUT2D eigenvalue weighted by Crippen LogP contribution is -2.40.